The molecule has 3 rings (SSSR count). The summed E-state index contributed by atoms with van der Waals surface area (Å²) in [4.78, 5) is 12.0. The molecule has 0 bridgehead atoms. The van der Waals surface area contributed by atoms with Crippen LogP contribution in [-0.2, 0) is 4.74 Å². The van der Waals surface area contributed by atoms with Gasteiger partial charge in [0.2, 0.25) is 0 Å². The largest absolute Gasteiger partial charge is 0.394 e. The van der Waals surface area contributed by atoms with Crippen molar-refractivity contribution < 1.29 is 14.9 Å². The molecular weight excluding hydrogens is 243 g/mol. The minimum Gasteiger partial charge on any atom is -0.394 e. The first kappa shape index (κ1) is 11.3. The number of imidazole rings is 1. The maximum absolute atomic E-state index is 9.93. The predicted molar refractivity (Wildman–Crippen MR) is 61.4 cm³/mol. The van der Waals surface area contributed by atoms with E-state index in [-0.39, 0.29) is 18.5 Å². The zero-order valence-corrected chi connectivity index (χ0v) is 9.47. The van der Waals surface area contributed by atoms with E-state index in [4.69, 9.17) is 15.6 Å². The van der Waals surface area contributed by atoms with Gasteiger partial charge in [-0.3, -0.25) is 4.57 Å². The Labute approximate surface area is 102 Å². The van der Waals surface area contributed by atoms with E-state index in [2.05, 4.69) is 15.0 Å². The third-order valence-electron chi connectivity index (χ3n) is 3.03. The van der Waals surface area contributed by atoms with Gasteiger partial charge in [0.15, 0.2) is 17.7 Å². The summed E-state index contributed by atoms with van der Waals surface area (Å²) in [6.07, 6.45) is 1.52. The number of nitrogens with two attached hydrogens (primary N) is 1. The Morgan fingerprint density at radius 3 is 3.00 bits per heavy atom. The number of ether oxygens (including phenoxy) is 1. The average molecular weight is 256 g/mol. The second kappa shape index (κ2) is 4.16. The minimum atomic E-state index is -0.712. The number of nitrogens with zero attached hydrogens (tertiary/aromatic N) is 4. The molecule has 0 aromatic carbocycles. The molecule has 2 aromatic heterocycles. The molecule has 4 N–H and O–H groups in total. The van der Waals surface area contributed by atoms with Gasteiger partial charge in [0, 0.05) is 6.42 Å². The SMILES string of the molecule is Nc1ncnc2c1ncn2[13C@@H]1O[13C@H]([13CH2]O)[13CH2][13C@@H]1O. The zero-order valence-electron chi connectivity index (χ0n) is 9.47. The van der Waals surface area contributed by atoms with Gasteiger partial charge in [0.05, 0.1) is 19.0 Å². The first-order chi connectivity index (χ1) is 8.70. The van der Waals surface area contributed by atoms with Crippen molar-refractivity contribution in [1.82, 2.24) is 19.5 Å². The maximum Gasteiger partial charge on any atom is 0.167 e. The van der Waals surface area contributed by atoms with Crippen molar-refractivity contribution in [3.8, 4) is 0 Å². The van der Waals surface area contributed by atoms with Gasteiger partial charge in [0.1, 0.15) is 17.9 Å². The number of hydrogen-bond donors (Lipinski definition) is 3. The summed E-state index contributed by atoms with van der Waals surface area (Å²) in [5.41, 5.74) is 6.66. The van der Waals surface area contributed by atoms with Crippen LogP contribution < -0.4 is 5.73 Å². The molecule has 1 aliphatic rings. The maximum atomic E-state index is 9.93. The normalized spacial score (nSPS) is 28.0. The lowest BCUT2D eigenvalue weighted by molar-refractivity contribution is -0.0486. The van der Waals surface area contributed by atoms with Gasteiger partial charge >= 0.3 is 0 Å². The Bertz CT molecular complexity index is 572. The summed E-state index contributed by atoms with van der Waals surface area (Å²) in [6.45, 7) is -0.128. The molecule has 8 nitrogen and oxygen atoms in total. The van der Waals surface area contributed by atoms with Crippen LogP contribution in [0.1, 0.15) is 12.6 Å². The molecule has 1 fully saturated rings. The molecule has 3 heterocycles. The lowest BCUT2D eigenvalue weighted by Gasteiger charge is -2.16. The first-order valence-electron chi connectivity index (χ1n) is 5.58. The average Bonchev–Trinajstić information content (AvgIpc) is 2.93. The standard InChI is InChI=1S/C10H13N5O3/c11-8-7-9(13-3-12-8)15(4-14-7)10-6(17)1-5(2-16)18-10/h3-6,10,16-17H,1-2H2,(H2,11,12,13)/t5-,6-,10+/m0/s1/i1+1,2+1,5+1,6+1,10+1. The summed E-state index contributed by atoms with van der Waals surface area (Å²) < 4.78 is 7.14. The van der Waals surface area contributed by atoms with Crippen LogP contribution in [0.4, 0.5) is 5.82 Å². The fourth-order valence-corrected chi connectivity index (χ4v) is 2.15. The van der Waals surface area contributed by atoms with Crippen LogP contribution in [0.5, 0.6) is 0 Å². The van der Waals surface area contributed by atoms with E-state index in [1.54, 1.807) is 4.57 Å². The Morgan fingerprint density at radius 2 is 2.28 bits per heavy atom. The van der Waals surface area contributed by atoms with Gasteiger partial charge in [-0.2, -0.15) is 0 Å². The van der Waals surface area contributed by atoms with E-state index < -0.39 is 12.3 Å². The number of aromatic nitrogens is 4. The van der Waals surface area contributed by atoms with Crippen LogP contribution in [-0.4, -0.2) is 48.5 Å². The fraction of sp³-hybridized carbons (Fsp3) is 0.500. The molecule has 0 amide bonds. The van der Waals surface area contributed by atoms with E-state index >= 15 is 0 Å². The van der Waals surface area contributed by atoms with Crippen molar-refractivity contribution in [2.45, 2.75) is 24.9 Å². The van der Waals surface area contributed by atoms with E-state index in [1.807, 2.05) is 0 Å². The van der Waals surface area contributed by atoms with Gasteiger partial charge in [-0.15, -0.1) is 0 Å². The summed E-state index contributed by atoms with van der Waals surface area (Å²) >= 11 is 0. The van der Waals surface area contributed by atoms with Crippen molar-refractivity contribution in [3.05, 3.63) is 12.7 Å². The highest BCUT2D eigenvalue weighted by Gasteiger charge is 2.35. The monoisotopic (exact) mass is 256 g/mol. The van der Waals surface area contributed by atoms with E-state index in [1.165, 1.54) is 12.7 Å². The van der Waals surface area contributed by atoms with Crippen LogP contribution in [0, 0.1) is 0 Å². The quantitative estimate of drug-likeness (QED) is 0.592. The molecule has 1 saturated heterocycles. The third-order valence-corrected chi connectivity index (χ3v) is 3.03. The van der Waals surface area contributed by atoms with Gasteiger partial charge in [-0.1, -0.05) is 0 Å². The number of nitrogen functional groups attached to an aromatic ring is 1. The topological polar surface area (TPSA) is 119 Å². The molecule has 96 valence electrons. The molecule has 0 unspecified atom stereocenters. The van der Waals surface area contributed by atoms with Crippen LogP contribution in [0.2, 0.25) is 0 Å². The van der Waals surface area contributed by atoms with Crippen molar-refractivity contribution in [1.29, 1.82) is 0 Å². The van der Waals surface area contributed by atoms with Crippen LogP contribution in [0.25, 0.3) is 11.2 Å². The highest BCUT2D eigenvalue weighted by molar-refractivity contribution is 5.81. The summed E-state index contributed by atoms with van der Waals surface area (Å²) in [5.74, 6) is 0.282. The smallest absolute Gasteiger partial charge is 0.167 e. The molecule has 18 heavy (non-hydrogen) atoms. The Morgan fingerprint density at radius 1 is 1.44 bits per heavy atom. The highest BCUT2D eigenvalue weighted by Crippen LogP contribution is 2.31. The number of anilines is 1. The number of aliphatic hydroxyl groups is 2. The van der Waals surface area contributed by atoms with Crippen molar-refractivity contribution >= 4 is 17.0 Å². The summed E-state index contributed by atoms with van der Waals surface area (Å²) in [5, 5.41) is 19.0. The molecular formula is C10H13N5O3. The molecule has 1 aliphatic heterocycles. The van der Waals surface area contributed by atoms with Gasteiger partial charge in [-0.25, -0.2) is 15.0 Å². The van der Waals surface area contributed by atoms with Gasteiger partial charge in [0.25, 0.3) is 0 Å². The summed E-state index contributed by atoms with van der Waals surface area (Å²) in [6, 6.07) is 0. The molecule has 0 aliphatic carbocycles. The Hall–Kier alpha value is -1.77. The second-order valence-corrected chi connectivity index (χ2v) is 4.22. The zero-order chi connectivity index (χ0) is 12.7. The molecule has 0 radical (unpaired) electrons. The lowest BCUT2D eigenvalue weighted by Crippen LogP contribution is -2.19. The fourth-order valence-electron chi connectivity index (χ4n) is 2.15. The number of hydrogen-bond acceptors (Lipinski definition) is 7. The van der Waals surface area contributed by atoms with E-state index in [0.717, 1.165) is 0 Å². The molecule has 0 saturated carbocycles. The van der Waals surface area contributed by atoms with E-state index in [0.29, 0.717) is 17.6 Å². The lowest BCUT2D eigenvalue weighted by atomic mass is 10.5. The van der Waals surface area contributed by atoms with Crippen molar-refractivity contribution in [2.75, 3.05) is 12.3 Å². The number of aliphatic hydroxyl groups excluding tert-OH is 2. The predicted octanol–water partition coefficient (Wildman–Crippen LogP) is -0.951. The Balaban J connectivity index is 2.02. The Kier molecular flexibility index (Phi) is 2.62. The molecule has 0 spiro atoms. The van der Waals surface area contributed by atoms with Crippen LogP contribution >= 0.6 is 0 Å². The van der Waals surface area contributed by atoms with Crippen LogP contribution in [0.3, 0.4) is 0 Å². The first-order valence-corrected chi connectivity index (χ1v) is 5.58. The molecule has 3 atom stereocenters. The van der Waals surface area contributed by atoms with E-state index in [9.17, 15) is 5.11 Å². The third kappa shape index (κ3) is 1.62. The summed E-state index contributed by atoms with van der Waals surface area (Å²) in [7, 11) is 0. The second-order valence-electron chi connectivity index (χ2n) is 4.22. The van der Waals surface area contributed by atoms with Crippen molar-refractivity contribution in [3.63, 3.8) is 0 Å². The minimum absolute atomic E-state index is 0.128. The molecule has 8 heteroatoms. The van der Waals surface area contributed by atoms with Gasteiger partial charge in [-0.05, 0) is 0 Å². The number of fused-ring (bicyclic) bond motifs is 1. The van der Waals surface area contributed by atoms with Gasteiger partial charge < -0.3 is 20.7 Å². The van der Waals surface area contributed by atoms with Crippen LogP contribution in [0.15, 0.2) is 12.7 Å². The number of rotatable bonds is 2. The molecule has 2 aromatic rings. The highest BCUT2D eigenvalue weighted by atomic mass is 16.7. The van der Waals surface area contributed by atoms with Crippen molar-refractivity contribution in [2.24, 2.45) is 0 Å².